The fourth-order valence-electron chi connectivity index (χ4n) is 10.6. The zero-order valence-corrected chi connectivity index (χ0v) is 50.1. The van der Waals surface area contributed by atoms with Crippen LogP contribution in [-0.2, 0) is 14.3 Å². The molecule has 0 heterocycles. The van der Waals surface area contributed by atoms with Crippen molar-refractivity contribution < 1.29 is 24.5 Å². The van der Waals surface area contributed by atoms with E-state index in [1.54, 1.807) is 0 Å². The fraction of sp³-hybridized carbons (Fsp3) is 0.912. The van der Waals surface area contributed by atoms with Gasteiger partial charge in [0, 0.05) is 12.8 Å². The number of unbranched alkanes of at least 4 members (excludes halogenated alkanes) is 48. The van der Waals surface area contributed by atoms with Gasteiger partial charge < -0.3 is 20.3 Å². The first-order chi connectivity index (χ1) is 36.5. The van der Waals surface area contributed by atoms with Crippen molar-refractivity contribution >= 4 is 11.9 Å². The van der Waals surface area contributed by atoms with Crippen LogP contribution in [0.5, 0.6) is 0 Å². The van der Waals surface area contributed by atoms with Gasteiger partial charge >= 0.3 is 5.97 Å². The molecule has 3 N–H and O–H groups in total. The summed E-state index contributed by atoms with van der Waals surface area (Å²) in [5, 5.41) is 23.3. The number of hydrogen-bond acceptors (Lipinski definition) is 5. The second-order valence-corrected chi connectivity index (χ2v) is 23.2. The number of ether oxygens (including phenoxy) is 1. The van der Waals surface area contributed by atoms with E-state index >= 15 is 0 Å². The Balaban J connectivity index is 3.39. The molecule has 0 saturated carbocycles. The predicted octanol–water partition coefficient (Wildman–Crippen LogP) is 21.4. The number of esters is 1. The molecule has 0 aromatic carbocycles. The predicted molar refractivity (Wildman–Crippen MR) is 324 cm³/mol. The van der Waals surface area contributed by atoms with Crippen LogP contribution >= 0.6 is 0 Å². The maximum Gasteiger partial charge on any atom is 0.305 e. The molecule has 2 atom stereocenters. The van der Waals surface area contributed by atoms with Gasteiger partial charge in [0.1, 0.15) is 0 Å². The van der Waals surface area contributed by atoms with Crippen LogP contribution in [0.1, 0.15) is 373 Å². The molecule has 2 unspecified atom stereocenters. The molecule has 74 heavy (non-hydrogen) atoms. The van der Waals surface area contributed by atoms with Crippen LogP contribution in [0, 0.1) is 0 Å². The summed E-state index contributed by atoms with van der Waals surface area (Å²) in [6.45, 7) is 4.98. The van der Waals surface area contributed by atoms with E-state index in [9.17, 15) is 19.8 Å². The molecular formula is C68H131NO5. The summed E-state index contributed by atoms with van der Waals surface area (Å²) < 4.78 is 5.48. The van der Waals surface area contributed by atoms with Crippen molar-refractivity contribution in [3.63, 3.8) is 0 Å². The summed E-state index contributed by atoms with van der Waals surface area (Å²) in [4.78, 5) is 24.5. The van der Waals surface area contributed by atoms with Gasteiger partial charge in [0.15, 0.2) is 0 Å². The van der Waals surface area contributed by atoms with Crippen LogP contribution in [0.2, 0.25) is 0 Å². The number of allylic oxidation sites excluding steroid dienone is 4. The van der Waals surface area contributed by atoms with Crippen molar-refractivity contribution in [1.82, 2.24) is 5.32 Å². The number of carbonyl (C=O) groups is 2. The molecule has 0 saturated heterocycles. The Morgan fingerprint density at radius 2 is 0.676 bits per heavy atom. The lowest BCUT2D eigenvalue weighted by Gasteiger charge is -2.22. The first kappa shape index (κ1) is 72.3. The van der Waals surface area contributed by atoms with Crippen molar-refractivity contribution in [2.24, 2.45) is 0 Å². The molecule has 6 nitrogen and oxygen atoms in total. The Hall–Kier alpha value is -1.66. The average molecular weight is 1040 g/mol. The van der Waals surface area contributed by atoms with Crippen molar-refractivity contribution in [2.45, 2.75) is 386 Å². The second-order valence-electron chi connectivity index (χ2n) is 23.2. The lowest BCUT2D eigenvalue weighted by Crippen LogP contribution is -2.45. The molecule has 0 aliphatic heterocycles. The number of nitrogens with one attached hydrogen (secondary N) is 1. The number of aliphatic hydroxyl groups is 2. The van der Waals surface area contributed by atoms with Gasteiger partial charge in [0.25, 0.3) is 0 Å². The molecular weight excluding hydrogens is 911 g/mol. The average Bonchev–Trinajstić information content (AvgIpc) is 3.40. The van der Waals surface area contributed by atoms with E-state index in [0.717, 1.165) is 44.9 Å². The van der Waals surface area contributed by atoms with Gasteiger partial charge in [-0.25, -0.2) is 0 Å². The van der Waals surface area contributed by atoms with Crippen LogP contribution in [-0.4, -0.2) is 47.4 Å². The minimum absolute atomic E-state index is 0.0140. The van der Waals surface area contributed by atoms with Crippen molar-refractivity contribution in [3.05, 3.63) is 24.3 Å². The number of carbonyl (C=O) groups excluding carboxylic acids is 2. The van der Waals surface area contributed by atoms with E-state index < -0.39 is 12.1 Å². The number of amides is 1. The Kier molecular flexibility index (Phi) is 62.4. The molecule has 0 spiro atoms. The number of hydrogen-bond donors (Lipinski definition) is 3. The second kappa shape index (κ2) is 63.9. The van der Waals surface area contributed by atoms with Gasteiger partial charge in [-0.2, -0.15) is 0 Å². The van der Waals surface area contributed by atoms with Crippen molar-refractivity contribution in [2.75, 3.05) is 13.2 Å². The minimum atomic E-state index is -0.664. The van der Waals surface area contributed by atoms with E-state index in [1.807, 2.05) is 0 Å². The van der Waals surface area contributed by atoms with Gasteiger partial charge in [-0.15, -0.1) is 0 Å². The molecule has 0 bridgehead atoms. The van der Waals surface area contributed by atoms with Crippen molar-refractivity contribution in [3.8, 4) is 0 Å². The Bertz CT molecular complexity index is 1150. The molecule has 0 aromatic heterocycles. The monoisotopic (exact) mass is 1040 g/mol. The standard InChI is InChI=1S/C68H131NO5/c1-3-5-7-9-11-13-15-17-33-37-40-44-48-52-56-60-66(71)65(64-70)69-67(72)61-57-53-49-45-41-38-34-31-29-27-25-23-21-19-18-20-22-24-26-28-30-32-35-39-43-47-51-55-59-63-74-68(73)62-58-54-50-46-42-36-16-14-12-10-8-6-4-2/h18,20,24,26,65-66,70-71H,3-17,19,21-23,25,27-64H2,1-2H3,(H,69,72)/b20-18-,26-24-. The zero-order valence-electron chi connectivity index (χ0n) is 50.1. The summed E-state index contributed by atoms with van der Waals surface area (Å²) in [6, 6.07) is -0.542. The molecule has 0 fully saturated rings. The van der Waals surface area contributed by atoms with Crippen molar-refractivity contribution in [1.29, 1.82) is 0 Å². The zero-order chi connectivity index (χ0) is 53.6. The van der Waals surface area contributed by atoms with Crippen LogP contribution in [0.25, 0.3) is 0 Å². The first-order valence-electron chi connectivity index (χ1n) is 33.6. The fourth-order valence-corrected chi connectivity index (χ4v) is 10.6. The van der Waals surface area contributed by atoms with E-state index in [-0.39, 0.29) is 18.5 Å². The third kappa shape index (κ3) is 59.6. The first-order valence-corrected chi connectivity index (χ1v) is 33.6. The summed E-state index contributed by atoms with van der Waals surface area (Å²) in [5.41, 5.74) is 0. The molecule has 0 aliphatic rings. The summed E-state index contributed by atoms with van der Waals surface area (Å²) >= 11 is 0. The number of aliphatic hydroxyl groups excluding tert-OH is 2. The van der Waals surface area contributed by atoms with Crippen LogP contribution in [0.4, 0.5) is 0 Å². The van der Waals surface area contributed by atoms with Gasteiger partial charge in [-0.05, 0) is 57.8 Å². The minimum Gasteiger partial charge on any atom is -0.466 e. The maximum atomic E-state index is 12.5. The van der Waals surface area contributed by atoms with Crippen LogP contribution in [0.3, 0.4) is 0 Å². The highest BCUT2D eigenvalue weighted by atomic mass is 16.5. The van der Waals surface area contributed by atoms with Gasteiger partial charge in [0.2, 0.25) is 5.91 Å². The molecule has 438 valence electrons. The quantitative estimate of drug-likeness (QED) is 0.0320. The molecule has 6 heteroatoms. The van der Waals surface area contributed by atoms with Gasteiger partial charge in [-0.1, -0.05) is 327 Å². The highest BCUT2D eigenvalue weighted by Crippen LogP contribution is 2.18. The van der Waals surface area contributed by atoms with Gasteiger partial charge in [0.05, 0.1) is 25.4 Å². The summed E-state index contributed by atoms with van der Waals surface area (Å²) in [6.07, 6.45) is 79.3. The molecule has 0 aromatic rings. The normalized spacial score (nSPS) is 12.6. The van der Waals surface area contributed by atoms with Gasteiger partial charge in [-0.3, -0.25) is 9.59 Å². The smallest absolute Gasteiger partial charge is 0.305 e. The van der Waals surface area contributed by atoms with E-state index in [1.165, 1.54) is 295 Å². The highest BCUT2D eigenvalue weighted by molar-refractivity contribution is 5.76. The summed E-state index contributed by atoms with van der Waals surface area (Å²) in [5.74, 6) is -0.0194. The third-order valence-electron chi connectivity index (χ3n) is 15.8. The van der Waals surface area contributed by atoms with Crippen LogP contribution in [0.15, 0.2) is 24.3 Å². The summed E-state index contributed by atoms with van der Waals surface area (Å²) in [7, 11) is 0. The molecule has 0 aliphatic carbocycles. The Morgan fingerprint density at radius 1 is 0.378 bits per heavy atom. The lowest BCUT2D eigenvalue weighted by molar-refractivity contribution is -0.143. The van der Waals surface area contributed by atoms with Crippen LogP contribution < -0.4 is 5.32 Å². The topological polar surface area (TPSA) is 95.9 Å². The highest BCUT2D eigenvalue weighted by Gasteiger charge is 2.20. The lowest BCUT2D eigenvalue weighted by atomic mass is 10.0. The molecule has 0 radical (unpaired) electrons. The van der Waals surface area contributed by atoms with E-state index in [4.69, 9.17) is 4.74 Å². The SMILES string of the molecule is CCCCCCCCCCCCCCCCCC(O)C(CO)NC(=O)CCCCCCCCCCCCCCC/C=C\C/C=C\CCCCCCCCCCCOC(=O)CCCCCCCCCCCCCCC. The third-order valence-corrected chi connectivity index (χ3v) is 15.8. The maximum absolute atomic E-state index is 12.5. The van der Waals surface area contributed by atoms with E-state index in [2.05, 4.69) is 43.5 Å². The largest absolute Gasteiger partial charge is 0.466 e. The molecule has 0 rings (SSSR count). The number of rotatable bonds is 63. The Labute approximate surface area is 462 Å². The molecule has 1 amide bonds. The Morgan fingerprint density at radius 3 is 1.03 bits per heavy atom. The van der Waals surface area contributed by atoms with E-state index in [0.29, 0.717) is 25.9 Å².